The second kappa shape index (κ2) is 5.02. The molecule has 88 valence electrons. The number of benzene rings is 1. The molecule has 1 saturated heterocycles. The van der Waals surface area contributed by atoms with Crippen molar-refractivity contribution in [1.82, 2.24) is 5.32 Å². The molecule has 1 heterocycles. The summed E-state index contributed by atoms with van der Waals surface area (Å²) in [6.45, 7) is 4.78. The van der Waals surface area contributed by atoms with E-state index in [-0.39, 0.29) is 10.8 Å². The normalized spacial score (nSPS) is 21.9. The van der Waals surface area contributed by atoms with Gasteiger partial charge in [0.1, 0.15) is 0 Å². The molecule has 0 amide bonds. The molecule has 1 aromatic rings. The molecule has 1 aromatic carbocycles. The highest BCUT2D eigenvalue weighted by Crippen LogP contribution is 2.26. The van der Waals surface area contributed by atoms with Crippen LogP contribution in [0.4, 0.5) is 10.1 Å². The lowest BCUT2D eigenvalue weighted by Gasteiger charge is -2.25. The van der Waals surface area contributed by atoms with E-state index in [4.69, 9.17) is 11.6 Å². The zero-order chi connectivity index (χ0) is 11.5. The van der Waals surface area contributed by atoms with Gasteiger partial charge in [-0.3, -0.25) is 0 Å². The summed E-state index contributed by atoms with van der Waals surface area (Å²) >= 11 is 5.79. The smallest absolute Gasteiger partial charge is 0.165 e. The summed E-state index contributed by atoms with van der Waals surface area (Å²) in [5, 5.41) is 3.58. The minimum atomic E-state index is -0.307. The van der Waals surface area contributed by atoms with E-state index in [1.165, 1.54) is 0 Å². The van der Waals surface area contributed by atoms with Crippen molar-refractivity contribution in [3.63, 3.8) is 0 Å². The maximum Gasteiger partial charge on any atom is 0.165 e. The fourth-order valence-corrected chi connectivity index (χ4v) is 2.23. The van der Waals surface area contributed by atoms with Crippen molar-refractivity contribution in [3.8, 4) is 0 Å². The van der Waals surface area contributed by atoms with Gasteiger partial charge in [-0.1, -0.05) is 17.7 Å². The Bertz CT molecular complexity index is 370. The number of hydrogen-bond donors (Lipinski definition) is 1. The third-order valence-corrected chi connectivity index (χ3v) is 3.16. The Kier molecular flexibility index (Phi) is 3.66. The predicted octanol–water partition coefficient (Wildman–Crippen LogP) is 2.67. The van der Waals surface area contributed by atoms with E-state index in [1.54, 1.807) is 18.2 Å². The van der Waals surface area contributed by atoms with Crippen LogP contribution in [-0.2, 0) is 0 Å². The van der Waals surface area contributed by atoms with Crippen LogP contribution in [0, 0.1) is 5.82 Å². The summed E-state index contributed by atoms with van der Waals surface area (Å²) in [6, 6.07) is 5.55. The second-order valence-corrected chi connectivity index (χ2v) is 4.63. The van der Waals surface area contributed by atoms with Crippen LogP contribution in [0.3, 0.4) is 0 Å². The molecule has 2 nitrogen and oxygen atoms in total. The van der Waals surface area contributed by atoms with Crippen molar-refractivity contribution >= 4 is 17.3 Å². The van der Waals surface area contributed by atoms with E-state index in [0.29, 0.717) is 11.7 Å². The van der Waals surface area contributed by atoms with Crippen LogP contribution in [0.25, 0.3) is 0 Å². The molecule has 0 radical (unpaired) electrons. The van der Waals surface area contributed by atoms with Crippen LogP contribution in [-0.4, -0.2) is 25.7 Å². The molecule has 0 spiro atoms. The minimum absolute atomic E-state index is 0.197. The fraction of sp³-hybridized carbons (Fsp3) is 0.500. The number of nitrogens with one attached hydrogen (secondary N) is 1. The molecule has 1 atom stereocenters. The van der Waals surface area contributed by atoms with Gasteiger partial charge in [0.2, 0.25) is 0 Å². The maximum atomic E-state index is 13.9. The lowest BCUT2D eigenvalue weighted by molar-refractivity contribution is 0.578. The van der Waals surface area contributed by atoms with Crippen LogP contribution in [0.5, 0.6) is 0 Å². The van der Waals surface area contributed by atoms with Gasteiger partial charge in [0.05, 0.1) is 10.7 Å². The Morgan fingerprint density at radius 3 is 3.12 bits per heavy atom. The van der Waals surface area contributed by atoms with Crippen molar-refractivity contribution in [3.05, 3.63) is 29.0 Å². The van der Waals surface area contributed by atoms with Crippen molar-refractivity contribution in [2.45, 2.75) is 19.4 Å². The summed E-state index contributed by atoms with van der Waals surface area (Å²) in [5.41, 5.74) is 0.614. The highest BCUT2D eigenvalue weighted by Gasteiger charge is 2.18. The quantitative estimate of drug-likeness (QED) is 0.815. The third kappa shape index (κ3) is 2.47. The molecule has 1 aliphatic heterocycles. The molecular formula is C12H16ClFN2. The van der Waals surface area contributed by atoms with E-state index in [1.807, 2.05) is 0 Å². The molecular weight excluding hydrogens is 227 g/mol. The highest BCUT2D eigenvalue weighted by atomic mass is 35.5. The van der Waals surface area contributed by atoms with E-state index in [2.05, 4.69) is 17.1 Å². The summed E-state index contributed by atoms with van der Waals surface area (Å²) in [4.78, 5) is 2.06. The largest absolute Gasteiger partial charge is 0.368 e. The van der Waals surface area contributed by atoms with Gasteiger partial charge in [-0.15, -0.1) is 0 Å². The Hall–Kier alpha value is -0.800. The molecule has 1 N–H and O–H groups in total. The summed E-state index contributed by atoms with van der Waals surface area (Å²) in [5.74, 6) is -0.307. The third-order valence-electron chi connectivity index (χ3n) is 2.86. The van der Waals surface area contributed by atoms with Gasteiger partial charge in [-0.05, 0) is 32.0 Å². The van der Waals surface area contributed by atoms with Gasteiger partial charge < -0.3 is 10.2 Å². The maximum absolute atomic E-state index is 13.9. The molecule has 1 fully saturated rings. The molecule has 1 aliphatic rings. The topological polar surface area (TPSA) is 15.3 Å². The Morgan fingerprint density at radius 2 is 2.31 bits per heavy atom. The molecule has 0 aliphatic carbocycles. The average molecular weight is 243 g/mol. The van der Waals surface area contributed by atoms with Crippen LogP contribution in [0.1, 0.15) is 13.3 Å². The van der Waals surface area contributed by atoms with Crippen molar-refractivity contribution in [1.29, 1.82) is 0 Å². The zero-order valence-electron chi connectivity index (χ0n) is 9.34. The SMILES string of the molecule is CC1CN(c2cccc(Cl)c2F)CCCN1. The van der Waals surface area contributed by atoms with Gasteiger partial charge in [0.15, 0.2) is 5.82 Å². The average Bonchev–Trinajstić information content (AvgIpc) is 2.47. The summed E-state index contributed by atoms with van der Waals surface area (Å²) < 4.78 is 13.9. The molecule has 2 rings (SSSR count). The number of nitrogens with zero attached hydrogens (tertiary/aromatic N) is 1. The Morgan fingerprint density at radius 1 is 1.50 bits per heavy atom. The monoisotopic (exact) mass is 242 g/mol. The van der Waals surface area contributed by atoms with Crippen molar-refractivity contribution in [2.24, 2.45) is 0 Å². The van der Waals surface area contributed by atoms with Crippen molar-refractivity contribution < 1.29 is 4.39 Å². The molecule has 16 heavy (non-hydrogen) atoms. The highest BCUT2D eigenvalue weighted by molar-refractivity contribution is 6.31. The van der Waals surface area contributed by atoms with Gasteiger partial charge >= 0.3 is 0 Å². The van der Waals surface area contributed by atoms with E-state index in [9.17, 15) is 4.39 Å². The molecule has 0 aromatic heterocycles. The van der Waals surface area contributed by atoms with E-state index >= 15 is 0 Å². The lowest BCUT2D eigenvalue weighted by Crippen LogP contribution is -2.35. The molecule has 0 bridgehead atoms. The Labute approximate surface area is 100 Å². The first kappa shape index (κ1) is 11.7. The van der Waals surface area contributed by atoms with Crippen molar-refractivity contribution in [2.75, 3.05) is 24.5 Å². The number of hydrogen-bond acceptors (Lipinski definition) is 2. The van der Waals surface area contributed by atoms with Crippen LogP contribution in [0.15, 0.2) is 18.2 Å². The predicted molar refractivity (Wildman–Crippen MR) is 65.7 cm³/mol. The van der Waals surface area contributed by atoms with Crippen LogP contribution < -0.4 is 10.2 Å². The van der Waals surface area contributed by atoms with Gasteiger partial charge in [-0.25, -0.2) is 4.39 Å². The number of rotatable bonds is 1. The zero-order valence-corrected chi connectivity index (χ0v) is 10.1. The fourth-order valence-electron chi connectivity index (χ4n) is 2.06. The second-order valence-electron chi connectivity index (χ2n) is 4.23. The Balaban J connectivity index is 2.24. The first-order valence-electron chi connectivity index (χ1n) is 5.61. The number of anilines is 1. The van der Waals surface area contributed by atoms with Gasteiger partial charge in [0, 0.05) is 19.1 Å². The summed E-state index contributed by atoms with van der Waals surface area (Å²) in [6.07, 6.45) is 1.02. The summed E-state index contributed by atoms with van der Waals surface area (Å²) in [7, 11) is 0. The number of halogens is 2. The molecule has 4 heteroatoms. The van der Waals surface area contributed by atoms with Gasteiger partial charge in [0.25, 0.3) is 0 Å². The standard InChI is InChI=1S/C12H16ClFN2/c1-9-8-16(7-3-6-15-9)11-5-2-4-10(13)12(11)14/h2,4-5,9,15H,3,6-8H2,1H3. The lowest BCUT2D eigenvalue weighted by atomic mass is 10.2. The minimum Gasteiger partial charge on any atom is -0.368 e. The van der Waals surface area contributed by atoms with Gasteiger partial charge in [-0.2, -0.15) is 0 Å². The van der Waals surface area contributed by atoms with E-state index in [0.717, 1.165) is 26.1 Å². The first-order chi connectivity index (χ1) is 7.68. The van der Waals surface area contributed by atoms with E-state index < -0.39 is 0 Å². The van der Waals surface area contributed by atoms with Crippen LogP contribution in [0.2, 0.25) is 5.02 Å². The van der Waals surface area contributed by atoms with Crippen LogP contribution >= 0.6 is 11.6 Å². The molecule has 0 saturated carbocycles. The first-order valence-corrected chi connectivity index (χ1v) is 5.98. The molecule has 1 unspecified atom stereocenters.